The number of ether oxygens (including phenoxy) is 4. The maximum atomic E-state index is 10.2. The molecule has 6 nitrogen and oxygen atoms in total. The minimum atomic E-state index is -0.796. The molecule has 0 heterocycles. The molecule has 32 heavy (non-hydrogen) atoms. The van der Waals surface area contributed by atoms with Gasteiger partial charge in [0.1, 0.15) is 42.7 Å². The maximum absolute atomic E-state index is 10.2. The molecule has 170 valence electrons. The quantitative estimate of drug-likeness (QED) is 0.447. The van der Waals surface area contributed by atoms with Crippen LogP contribution in [-0.4, -0.2) is 56.0 Å². The van der Waals surface area contributed by atoms with Crippen molar-refractivity contribution in [3.63, 3.8) is 0 Å². The second-order valence-corrected chi connectivity index (χ2v) is 7.52. The van der Waals surface area contributed by atoms with E-state index in [1.165, 1.54) is 5.56 Å². The van der Waals surface area contributed by atoms with E-state index in [9.17, 15) is 10.2 Å². The molecule has 0 aliphatic heterocycles. The molecule has 6 heteroatoms. The highest BCUT2D eigenvalue weighted by Gasteiger charge is 2.11. The average Bonchev–Trinajstić information content (AvgIpc) is 2.82. The van der Waals surface area contributed by atoms with Gasteiger partial charge in [0, 0.05) is 13.2 Å². The van der Waals surface area contributed by atoms with Crippen LogP contribution in [0.5, 0.6) is 17.2 Å². The predicted octanol–water partition coefficient (Wildman–Crippen LogP) is 3.87. The van der Waals surface area contributed by atoms with Crippen LogP contribution in [0.15, 0.2) is 72.8 Å². The van der Waals surface area contributed by atoms with Gasteiger partial charge in [-0.3, -0.25) is 0 Å². The van der Waals surface area contributed by atoms with Gasteiger partial charge < -0.3 is 29.2 Å². The summed E-state index contributed by atoms with van der Waals surface area (Å²) in [6.45, 7) is 2.38. The van der Waals surface area contributed by atoms with Crippen molar-refractivity contribution in [2.45, 2.75) is 19.1 Å². The smallest absolute Gasteiger partial charge is 0.145 e. The van der Waals surface area contributed by atoms with Crippen molar-refractivity contribution in [3.05, 3.63) is 78.4 Å². The van der Waals surface area contributed by atoms with Crippen LogP contribution in [0.2, 0.25) is 0 Å². The van der Waals surface area contributed by atoms with E-state index in [4.69, 9.17) is 18.9 Å². The third kappa shape index (κ3) is 7.27. The average molecular weight is 439 g/mol. The SMILES string of the molecule is COCC(CO)Oc1cccc(OCC(O)COc2ccc(-c3ccc(C)cc3)cc2)c1. The van der Waals surface area contributed by atoms with Gasteiger partial charge in [0.05, 0.1) is 13.2 Å². The van der Waals surface area contributed by atoms with E-state index in [2.05, 4.69) is 31.2 Å². The van der Waals surface area contributed by atoms with E-state index in [1.54, 1.807) is 31.4 Å². The largest absolute Gasteiger partial charge is 0.491 e. The van der Waals surface area contributed by atoms with Gasteiger partial charge in [-0.1, -0.05) is 48.0 Å². The van der Waals surface area contributed by atoms with Gasteiger partial charge >= 0.3 is 0 Å². The van der Waals surface area contributed by atoms with Crippen LogP contribution in [0.1, 0.15) is 5.56 Å². The molecule has 0 radical (unpaired) electrons. The van der Waals surface area contributed by atoms with Crippen LogP contribution in [0.3, 0.4) is 0 Å². The lowest BCUT2D eigenvalue weighted by atomic mass is 10.0. The summed E-state index contributed by atoms with van der Waals surface area (Å²) in [4.78, 5) is 0. The highest BCUT2D eigenvalue weighted by molar-refractivity contribution is 5.64. The third-order valence-electron chi connectivity index (χ3n) is 4.79. The number of hydrogen-bond donors (Lipinski definition) is 2. The monoisotopic (exact) mass is 438 g/mol. The lowest BCUT2D eigenvalue weighted by Crippen LogP contribution is -2.26. The Morgan fingerprint density at radius 3 is 1.97 bits per heavy atom. The molecule has 2 N–H and O–H groups in total. The minimum Gasteiger partial charge on any atom is -0.491 e. The molecule has 3 aromatic carbocycles. The summed E-state index contributed by atoms with van der Waals surface area (Å²) < 4.78 is 22.0. The second kappa shape index (κ2) is 12.1. The summed E-state index contributed by atoms with van der Waals surface area (Å²) in [5.41, 5.74) is 3.48. The van der Waals surface area contributed by atoms with Crippen LogP contribution < -0.4 is 14.2 Å². The maximum Gasteiger partial charge on any atom is 0.145 e. The normalized spacial score (nSPS) is 12.8. The topological polar surface area (TPSA) is 77.4 Å². The van der Waals surface area contributed by atoms with Crippen LogP contribution in [-0.2, 0) is 4.74 Å². The van der Waals surface area contributed by atoms with E-state index >= 15 is 0 Å². The van der Waals surface area contributed by atoms with Gasteiger partial charge in [-0.2, -0.15) is 0 Å². The Bertz CT molecular complexity index is 939. The fourth-order valence-electron chi connectivity index (χ4n) is 3.06. The number of benzene rings is 3. The molecule has 2 unspecified atom stereocenters. The first-order chi connectivity index (χ1) is 15.6. The lowest BCUT2D eigenvalue weighted by Gasteiger charge is -2.17. The van der Waals surface area contributed by atoms with Crippen molar-refractivity contribution in [2.24, 2.45) is 0 Å². The van der Waals surface area contributed by atoms with Crippen molar-refractivity contribution in [3.8, 4) is 28.4 Å². The number of hydrogen-bond acceptors (Lipinski definition) is 6. The summed E-state index contributed by atoms with van der Waals surface area (Å²) in [5, 5.41) is 19.5. The number of aliphatic hydroxyl groups excluding tert-OH is 2. The summed E-state index contributed by atoms with van der Waals surface area (Å²) >= 11 is 0. The van der Waals surface area contributed by atoms with Gasteiger partial charge in [0.25, 0.3) is 0 Å². The number of methoxy groups -OCH3 is 1. The molecule has 0 aromatic heterocycles. The molecular formula is C26H30O6. The molecule has 0 amide bonds. The van der Waals surface area contributed by atoms with Gasteiger partial charge in [-0.25, -0.2) is 0 Å². The van der Waals surface area contributed by atoms with Crippen molar-refractivity contribution >= 4 is 0 Å². The summed E-state index contributed by atoms with van der Waals surface area (Å²) in [6.07, 6.45) is -1.25. The summed E-state index contributed by atoms with van der Waals surface area (Å²) in [6, 6.07) is 23.2. The van der Waals surface area contributed by atoms with Gasteiger partial charge in [-0.05, 0) is 42.3 Å². The molecule has 2 atom stereocenters. The molecule has 3 aromatic rings. The van der Waals surface area contributed by atoms with E-state index < -0.39 is 12.2 Å². The zero-order valence-electron chi connectivity index (χ0n) is 18.4. The first kappa shape index (κ1) is 23.6. The predicted molar refractivity (Wildman–Crippen MR) is 123 cm³/mol. The van der Waals surface area contributed by atoms with E-state index in [0.717, 1.165) is 11.1 Å². The second-order valence-electron chi connectivity index (χ2n) is 7.52. The van der Waals surface area contributed by atoms with Gasteiger partial charge in [0.2, 0.25) is 0 Å². The Labute approximate surface area is 189 Å². The zero-order valence-corrected chi connectivity index (χ0v) is 18.4. The van der Waals surface area contributed by atoms with Crippen LogP contribution in [0.4, 0.5) is 0 Å². The van der Waals surface area contributed by atoms with Gasteiger partial charge in [-0.15, -0.1) is 0 Å². The zero-order chi connectivity index (χ0) is 22.8. The molecule has 3 rings (SSSR count). The van der Waals surface area contributed by atoms with Gasteiger partial charge in [0.15, 0.2) is 0 Å². The molecule has 0 saturated carbocycles. The van der Waals surface area contributed by atoms with Crippen molar-refractivity contribution in [1.82, 2.24) is 0 Å². The molecule has 0 bridgehead atoms. The Morgan fingerprint density at radius 1 is 0.750 bits per heavy atom. The van der Waals surface area contributed by atoms with Crippen molar-refractivity contribution in [2.75, 3.05) is 33.5 Å². The highest BCUT2D eigenvalue weighted by Crippen LogP contribution is 2.23. The van der Waals surface area contributed by atoms with Crippen LogP contribution in [0.25, 0.3) is 11.1 Å². The Kier molecular flexibility index (Phi) is 8.92. The summed E-state index contributed by atoms with van der Waals surface area (Å²) in [5.74, 6) is 1.79. The molecular weight excluding hydrogens is 408 g/mol. The third-order valence-corrected chi connectivity index (χ3v) is 4.79. The lowest BCUT2D eigenvalue weighted by molar-refractivity contribution is 0.0407. The fourth-order valence-corrected chi connectivity index (χ4v) is 3.06. The standard InChI is InChI=1S/C26H30O6/c1-19-6-8-20(9-7-19)21-10-12-23(13-11-21)30-16-22(28)17-31-24-4-3-5-25(14-24)32-26(15-27)18-29-2/h3-14,22,26-28H,15-18H2,1-2H3. The Morgan fingerprint density at radius 2 is 1.34 bits per heavy atom. The highest BCUT2D eigenvalue weighted by atomic mass is 16.5. The molecule has 0 saturated heterocycles. The Balaban J connectivity index is 1.45. The van der Waals surface area contributed by atoms with Crippen LogP contribution >= 0.6 is 0 Å². The molecule has 0 aliphatic carbocycles. The first-order valence-corrected chi connectivity index (χ1v) is 10.5. The number of aryl methyl sites for hydroxylation is 1. The fraction of sp³-hybridized carbons (Fsp3) is 0.308. The molecule has 0 spiro atoms. The molecule has 0 aliphatic rings. The summed E-state index contributed by atoms with van der Waals surface area (Å²) in [7, 11) is 1.55. The molecule has 0 fully saturated rings. The van der Waals surface area contributed by atoms with Crippen molar-refractivity contribution in [1.29, 1.82) is 0 Å². The van der Waals surface area contributed by atoms with Crippen LogP contribution in [0, 0.1) is 6.92 Å². The van der Waals surface area contributed by atoms with E-state index in [1.807, 2.05) is 24.3 Å². The number of rotatable bonds is 12. The first-order valence-electron chi connectivity index (χ1n) is 10.5. The number of aliphatic hydroxyl groups is 2. The van der Waals surface area contributed by atoms with Crippen molar-refractivity contribution < 1.29 is 29.2 Å². The van der Waals surface area contributed by atoms with E-state index in [0.29, 0.717) is 17.2 Å². The minimum absolute atomic E-state index is 0.0758. The van der Waals surface area contributed by atoms with E-state index in [-0.39, 0.29) is 26.4 Å². The Hall–Kier alpha value is -3.06.